The number of aliphatic hydroxyl groups excluding tert-OH is 1. The molecule has 1 N–H and O–H groups in total. The normalized spacial score (nSPS) is 16.1. The number of methoxy groups -OCH3 is 1. The van der Waals surface area contributed by atoms with Crippen molar-refractivity contribution in [3.05, 3.63) is 71.0 Å². The minimum atomic E-state index is -0.594. The van der Waals surface area contributed by atoms with Gasteiger partial charge in [0.1, 0.15) is 5.75 Å². The largest absolute Gasteiger partial charge is 0.503 e. The van der Waals surface area contributed by atoms with E-state index >= 15 is 0 Å². The van der Waals surface area contributed by atoms with E-state index in [1.165, 1.54) is 0 Å². The highest BCUT2D eigenvalue weighted by molar-refractivity contribution is 6.09. The van der Waals surface area contributed by atoms with E-state index in [2.05, 4.69) is 0 Å². The Balaban J connectivity index is 1.92. The Kier molecular flexibility index (Phi) is 7.23. The number of anilines is 1. The third-order valence-electron chi connectivity index (χ3n) is 5.72. The van der Waals surface area contributed by atoms with Crippen LogP contribution >= 0.6 is 0 Å². The Morgan fingerprint density at radius 3 is 2.25 bits per heavy atom. The fourth-order valence-corrected chi connectivity index (χ4v) is 3.99. The van der Waals surface area contributed by atoms with Gasteiger partial charge in [-0.1, -0.05) is 38.1 Å². The van der Waals surface area contributed by atoms with Crippen LogP contribution in [0.1, 0.15) is 37.4 Å². The second kappa shape index (κ2) is 9.90. The number of rotatable bonds is 9. The monoisotopic (exact) mass is 436 g/mol. The van der Waals surface area contributed by atoms with E-state index in [0.29, 0.717) is 13.0 Å². The van der Waals surface area contributed by atoms with Crippen LogP contribution in [0.5, 0.6) is 5.75 Å². The zero-order valence-electron chi connectivity index (χ0n) is 19.5. The van der Waals surface area contributed by atoms with Gasteiger partial charge in [-0.3, -0.25) is 9.59 Å². The summed E-state index contributed by atoms with van der Waals surface area (Å²) in [5, 5.41) is 10.7. The van der Waals surface area contributed by atoms with Crippen molar-refractivity contribution in [2.24, 2.45) is 5.92 Å². The fraction of sp³-hybridized carbons (Fsp3) is 0.385. The summed E-state index contributed by atoms with van der Waals surface area (Å²) >= 11 is 0. The second-order valence-corrected chi connectivity index (χ2v) is 8.77. The van der Waals surface area contributed by atoms with Crippen molar-refractivity contribution in [2.45, 2.75) is 32.7 Å². The molecule has 1 unspecified atom stereocenters. The maximum absolute atomic E-state index is 13.0. The molecule has 3 rings (SSSR count). The van der Waals surface area contributed by atoms with Gasteiger partial charge in [0.25, 0.3) is 5.91 Å². The van der Waals surface area contributed by atoms with Crippen molar-refractivity contribution >= 4 is 17.4 Å². The molecular formula is C26H32N2O4. The Morgan fingerprint density at radius 1 is 1.09 bits per heavy atom. The van der Waals surface area contributed by atoms with E-state index in [0.717, 1.165) is 22.6 Å². The molecule has 0 spiro atoms. The molecule has 1 heterocycles. The molecule has 170 valence electrons. The summed E-state index contributed by atoms with van der Waals surface area (Å²) in [5.41, 5.74) is 3.08. The van der Waals surface area contributed by atoms with Crippen LogP contribution in [0.3, 0.4) is 0 Å². The lowest BCUT2D eigenvalue weighted by molar-refractivity contribution is -0.129. The standard InChI is InChI=1S/C26H32N2O4/c1-17(2)16-22(29)23-24(19-8-10-20(11-9-19)27(3)4)28(26(31)25(23)30)15-14-18-6-12-21(32-5)13-7-18/h6-13,17,24,30H,14-16H2,1-5H3. The zero-order valence-corrected chi connectivity index (χ0v) is 19.5. The highest BCUT2D eigenvalue weighted by atomic mass is 16.5. The first-order chi connectivity index (χ1) is 15.2. The number of carbonyl (C=O) groups is 2. The first-order valence-corrected chi connectivity index (χ1v) is 10.9. The summed E-state index contributed by atoms with van der Waals surface area (Å²) < 4.78 is 5.21. The van der Waals surface area contributed by atoms with Crippen molar-refractivity contribution in [3.63, 3.8) is 0 Å². The zero-order chi connectivity index (χ0) is 23.4. The number of aliphatic hydroxyl groups is 1. The van der Waals surface area contributed by atoms with Gasteiger partial charge in [-0.15, -0.1) is 0 Å². The number of ketones is 1. The lowest BCUT2D eigenvalue weighted by Crippen LogP contribution is -2.33. The summed E-state index contributed by atoms with van der Waals surface area (Å²) in [4.78, 5) is 29.7. The third kappa shape index (κ3) is 4.96. The summed E-state index contributed by atoms with van der Waals surface area (Å²) in [5.74, 6) is -0.201. The Morgan fingerprint density at radius 2 is 1.72 bits per heavy atom. The van der Waals surface area contributed by atoms with Crippen LogP contribution in [0.15, 0.2) is 59.9 Å². The molecule has 0 bridgehead atoms. The van der Waals surface area contributed by atoms with Crippen LogP contribution in [0.2, 0.25) is 0 Å². The molecule has 0 saturated heterocycles. The summed E-state index contributed by atoms with van der Waals surface area (Å²) in [6, 6.07) is 14.9. The lowest BCUT2D eigenvalue weighted by Gasteiger charge is -2.27. The van der Waals surface area contributed by atoms with Crippen LogP contribution < -0.4 is 9.64 Å². The van der Waals surface area contributed by atoms with Gasteiger partial charge in [0.15, 0.2) is 11.5 Å². The number of amides is 1. The van der Waals surface area contributed by atoms with Crippen LogP contribution in [0, 0.1) is 5.92 Å². The Bertz CT molecular complexity index is 991. The fourth-order valence-electron chi connectivity index (χ4n) is 3.99. The van der Waals surface area contributed by atoms with Crippen LogP contribution in [0.4, 0.5) is 5.69 Å². The molecule has 0 aromatic heterocycles. The maximum Gasteiger partial charge on any atom is 0.290 e. The number of carbonyl (C=O) groups excluding carboxylic acids is 2. The molecular weight excluding hydrogens is 404 g/mol. The molecule has 1 aliphatic rings. The smallest absolute Gasteiger partial charge is 0.290 e. The molecule has 6 heteroatoms. The van der Waals surface area contributed by atoms with Gasteiger partial charge in [0.2, 0.25) is 0 Å². The second-order valence-electron chi connectivity index (χ2n) is 8.77. The van der Waals surface area contributed by atoms with Crippen molar-refractivity contribution < 1.29 is 19.4 Å². The number of nitrogens with zero attached hydrogens (tertiary/aromatic N) is 2. The topological polar surface area (TPSA) is 70.1 Å². The van der Waals surface area contributed by atoms with E-state index in [1.54, 1.807) is 12.0 Å². The molecule has 6 nitrogen and oxygen atoms in total. The van der Waals surface area contributed by atoms with Gasteiger partial charge in [-0.25, -0.2) is 0 Å². The lowest BCUT2D eigenvalue weighted by atomic mass is 9.92. The number of hydrogen-bond donors (Lipinski definition) is 1. The predicted octanol–water partition coefficient (Wildman–Crippen LogP) is 4.31. The number of ether oxygens (including phenoxy) is 1. The number of hydrogen-bond acceptors (Lipinski definition) is 5. The summed E-state index contributed by atoms with van der Waals surface area (Å²) in [6.45, 7) is 4.29. The van der Waals surface area contributed by atoms with Crippen LogP contribution in [-0.2, 0) is 16.0 Å². The molecule has 0 fully saturated rings. The highest BCUT2D eigenvalue weighted by Crippen LogP contribution is 2.39. The van der Waals surface area contributed by atoms with Gasteiger partial charge < -0.3 is 19.6 Å². The van der Waals surface area contributed by atoms with Crippen molar-refractivity contribution in [2.75, 3.05) is 32.6 Å². The molecule has 0 aliphatic carbocycles. The van der Waals surface area contributed by atoms with Crippen molar-refractivity contribution in [3.8, 4) is 5.75 Å². The predicted molar refractivity (Wildman–Crippen MR) is 126 cm³/mol. The minimum Gasteiger partial charge on any atom is -0.503 e. The molecule has 2 aromatic rings. The van der Waals surface area contributed by atoms with E-state index in [4.69, 9.17) is 4.74 Å². The molecule has 32 heavy (non-hydrogen) atoms. The molecule has 2 aromatic carbocycles. The Labute approximate surface area is 190 Å². The average Bonchev–Trinajstić information content (AvgIpc) is 3.02. The molecule has 0 saturated carbocycles. The third-order valence-corrected chi connectivity index (χ3v) is 5.72. The highest BCUT2D eigenvalue weighted by Gasteiger charge is 2.43. The summed E-state index contributed by atoms with van der Waals surface area (Å²) in [6.07, 6.45) is 0.881. The Hall–Kier alpha value is -3.28. The maximum atomic E-state index is 13.0. The van der Waals surface area contributed by atoms with Gasteiger partial charge in [0.05, 0.1) is 18.7 Å². The average molecular weight is 437 g/mol. The SMILES string of the molecule is COc1ccc(CCN2C(=O)C(O)=C(C(=O)CC(C)C)C2c2ccc(N(C)C)cc2)cc1. The molecule has 1 amide bonds. The first-order valence-electron chi connectivity index (χ1n) is 10.9. The van der Waals surface area contributed by atoms with E-state index < -0.39 is 17.7 Å². The molecule has 0 radical (unpaired) electrons. The van der Waals surface area contributed by atoms with Gasteiger partial charge >= 0.3 is 0 Å². The molecule has 1 atom stereocenters. The van der Waals surface area contributed by atoms with Crippen LogP contribution in [0.25, 0.3) is 0 Å². The number of Topliss-reactive ketones (excluding diaryl/α,β-unsaturated/α-hetero) is 1. The van der Waals surface area contributed by atoms with E-state index in [9.17, 15) is 14.7 Å². The van der Waals surface area contributed by atoms with E-state index in [1.807, 2.05) is 81.4 Å². The first kappa shape index (κ1) is 23.4. The molecule has 1 aliphatic heterocycles. The van der Waals surface area contributed by atoms with Gasteiger partial charge in [-0.2, -0.15) is 0 Å². The van der Waals surface area contributed by atoms with Crippen molar-refractivity contribution in [1.29, 1.82) is 0 Å². The summed E-state index contributed by atoms with van der Waals surface area (Å²) in [7, 11) is 5.53. The minimum absolute atomic E-state index is 0.128. The quantitative estimate of drug-likeness (QED) is 0.634. The van der Waals surface area contributed by atoms with Gasteiger partial charge in [0, 0.05) is 32.7 Å². The number of benzene rings is 2. The van der Waals surface area contributed by atoms with E-state index in [-0.39, 0.29) is 23.7 Å². The van der Waals surface area contributed by atoms with Crippen LogP contribution in [-0.4, -0.2) is 49.4 Å². The van der Waals surface area contributed by atoms with Crippen molar-refractivity contribution in [1.82, 2.24) is 4.90 Å². The van der Waals surface area contributed by atoms with Gasteiger partial charge in [-0.05, 0) is 47.7 Å².